The summed E-state index contributed by atoms with van der Waals surface area (Å²) in [5.41, 5.74) is 1.31. The van der Waals surface area contributed by atoms with Gasteiger partial charge in [-0.25, -0.2) is 4.79 Å². The summed E-state index contributed by atoms with van der Waals surface area (Å²) < 4.78 is 5.41. The lowest BCUT2D eigenvalue weighted by molar-refractivity contribution is -0.136. The fourth-order valence-electron chi connectivity index (χ4n) is 2.50. The van der Waals surface area contributed by atoms with Crippen molar-refractivity contribution in [3.05, 3.63) is 17.0 Å². The monoisotopic (exact) mass is 430 g/mol. The van der Waals surface area contributed by atoms with Crippen LogP contribution < -0.4 is 5.32 Å². The SMILES string of the molecule is CC(C)(C)OC(=O)N1CCc2[nH]nc(C(=O)NCCSSCCC(=O)O)c2C1. The van der Waals surface area contributed by atoms with E-state index in [2.05, 4.69) is 15.5 Å². The summed E-state index contributed by atoms with van der Waals surface area (Å²) >= 11 is 0. The fraction of sp³-hybridized carbons (Fsp3) is 0.647. The largest absolute Gasteiger partial charge is 0.481 e. The van der Waals surface area contributed by atoms with Gasteiger partial charge in [0.1, 0.15) is 5.60 Å². The molecule has 2 rings (SSSR count). The van der Waals surface area contributed by atoms with Crippen LogP contribution in [0.15, 0.2) is 0 Å². The summed E-state index contributed by atoms with van der Waals surface area (Å²) in [5, 5.41) is 18.4. The van der Waals surface area contributed by atoms with Gasteiger partial charge in [0, 0.05) is 42.3 Å². The van der Waals surface area contributed by atoms with Crippen molar-refractivity contribution < 1.29 is 24.2 Å². The molecule has 1 aromatic rings. The molecule has 0 fully saturated rings. The quantitative estimate of drug-likeness (QED) is 0.424. The molecule has 28 heavy (non-hydrogen) atoms. The number of nitrogens with one attached hydrogen (secondary N) is 2. The van der Waals surface area contributed by atoms with E-state index in [1.54, 1.807) is 4.90 Å². The van der Waals surface area contributed by atoms with Crippen LogP contribution in [-0.4, -0.2) is 68.4 Å². The molecule has 9 nitrogen and oxygen atoms in total. The van der Waals surface area contributed by atoms with Crippen LogP contribution in [0, 0.1) is 0 Å². The second-order valence-corrected chi connectivity index (χ2v) is 9.93. The molecule has 1 aliphatic rings. The molecule has 0 saturated carbocycles. The number of hydrogen-bond acceptors (Lipinski definition) is 7. The molecule has 3 N–H and O–H groups in total. The number of amides is 2. The van der Waals surface area contributed by atoms with Gasteiger partial charge in [0.2, 0.25) is 0 Å². The smallest absolute Gasteiger partial charge is 0.410 e. The third-order valence-electron chi connectivity index (χ3n) is 3.75. The highest BCUT2D eigenvalue weighted by Crippen LogP contribution is 2.23. The number of carbonyl (C=O) groups excluding carboxylic acids is 2. The number of fused-ring (bicyclic) bond motifs is 1. The summed E-state index contributed by atoms with van der Waals surface area (Å²) in [5.74, 6) is 0.0818. The number of carboxylic acid groups (broad SMARTS) is 1. The van der Waals surface area contributed by atoms with Crippen LogP contribution in [0.1, 0.15) is 48.9 Å². The van der Waals surface area contributed by atoms with E-state index in [1.807, 2.05) is 20.8 Å². The molecule has 0 atom stereocenters. The average Bonchev–Trinajstić information content (AvgIpc) is 3.02. The number of H-pyrrole nitrogens is 1. The molecular weight excluding hydrogens is 404 g/mol. The molecule has 0 saturated heterocycles. The van der Waals surface area contributed by atoms with Crippen molar-refractivity contribution in [2.45, 2.75) is 45.8 Å². The van der Waals surface area contributed by atoms with E-state index in [0.717, 1.165) is 11.3 Å². The first-order valence-electron chi connectivity index (χ1n) is 8.96. The van der Waals surface area contributed by atoms with Gasteiger partial charge in [0.25, 0.3) is 5.91 Å². The van der Waals surface area contributed by atoms with Crippen LogP contribution >= 0.6 is 21.6 Å². The maximum Gasteiger partial charge on any atom is 0.410 e. The number of ether oxygens (including phenoxy) is 1. The number of rotatable bonds is 8. The Morgan fingerprint density at radius 1 is 1.29 bits per heavy atom. The minimum Gasteiger partial charge on any atom is -0.481 e. The Labute approximate surface area is 171 Å². The van der Waals surface area contributed by atoms with Crippen molar-refractivity contribution in [2.24, 2.45) is 0 Å². The third-order valence-corrected chi connectivity index (χ3v) is 6.16. The van der Waals surface area contributed by atoms with Gasteiger partial charge in [0.05, 0.1) is 13.0 Å². The van der Waals surface area contributed by atoms with Crippen LogP contribution in [0.5, 0.6) is 0 Å². The van der Waals surface area contributed by atoms with E-state index in [-0.39, 0.29) is 18.9 Å². The Bertz CT molecular complexity index is 717. The molecule has 0 bridgehead atoms. The number of hydrogen-bond donors (Lipinski definition) is 3. The van der Waals surface area contributed by atoms with Crippen molar-refractivity contribution in [1.29, 1.82) is 0 Å². The maximum atomic E-state index is 12.4. The molecule has 0 radical (unpaired) electrons. The Kier molecular flexibility index (Phi) is 8.05. The summed E-state index contributed by atoms with van der Waals surface area (Å²) in [7, 11) is 2.98. The lowest BCUT2D eigenvalue weighted by atomic mass is 10.1. The summed E-state index contributed by atoms with van der Waals surface area (Å²) in [6, 6.07) is 0. The van der Waals surface area contributed by atoms with Crippen molar-refractivity contribution in [2.75, 3.05) is 24.6 Å². The Balaban J connectivity index is 1.83. The van der Waals surface area contributed by atoms with E-state index in [1.165, 1.54) is 21.6 Å². The Morgan fingerprint density at radius 2 is 2.00 bits per heavy atom. The predicted octanol–water partition coefficient (Wildman–Crippen LogP) is 2.29. The minimum absolute atomic E-state index is 0.123. The number of carboxylic acids is 1. The summed E-state index contributed by atoms with van der Waals surface area (Å²) in [6.45, 7) is 6.68. The van der Waals surface area contributed by atoms with Crippen molar-refractivity contribution in [3.8, 4) is 0 Å². The second kappa shape index (κ2) is 10.1. The van der Waals surface area contributed by atoms with Gasteiger partial charge in [0.15, 0.2) is 5.69 Å². The molecule has 1 aromatic heterocycles. The van der Waals surface area contributed by atoms with Gasteiger partial charge in [-0.2, -0.15) is 5.10 Å². The summed E-state index contributed by atoms with van der Waals surface area (Å²) in [6.07, 6.45) is 0.308. The van der Waals surface area contributed by atoms with Crippen LogP contribution in [0.25, 0.3) is 0 Å². The van der Waals surface area contributed by atoms with Crippen molar-refractivity contribution >= 4 is 39.6 Å². The lowest BCUT2D eigenvalue weighted by Gasteiger charge is -2.30. The summed E-state index contributed by atoms with van der Waals surface area (Å²) in [4.78, 5) is 36.8. The fourth-order valence-corrected chi connectivity index (χ4v) is 4.39. The highest BCUT2D eigenvalue weighted by atomic mass is 33.1. The highest BCUT2D eigenvalue weighted by Gasteiger charge is 2.30. The van der Waals surface area contributed by atoms with Crippen molar-refractivity contribution in [3.63, 3.8) is 0 Å². The molecule has 0 aromatic carbocycles. The van der Waals surface area contributed by atoms with Crippen LogP contribution in [0.3, 0.4) is 0 Å². The van der Waals surface area contributed by atoms with E-state index in [9.17, 15) is 14.4 Å². The van der Waals surface area contributed by atoms with Gasteiger partial charge in [-0.1, -0.05) is 21.6 Å². The lowest BCUT2D eigenvalue weighted by Crippen LogP contribution is -2.40. The first-order chi connectivity index (χ1) is 13.2. The second-order valence-electron chi connectivity index (χ2n) is 7.22. The van der Waals surface area contributed by atoms with Gasteiger partial charge in [-0.05, 0) is 20.8 Å². The Hall–Kier alpha value is -1.88. The molecule has 0 unspecified atom stereocenters. The zero-order valence-electron chi connectivity index (χ0n) is 16.2. The van der Waals surface area contributed by atoms with Crippen molar-refractivity contribution in [1.82, 2.24) is 20.4 Å². The molecule has 156 valence electrons. The number of aliphatic carboxylic acids is 1. The van der Waals surface area contributed by atoms with Gasteiger partial charge < -0.3 is 20.1 Å². The highest BCUT2D eigenvalue weighted by molar-refractivity contribution is 8.76. The average molecular weight is 431 g/mol. The van der Waals surface area contributed by atoms with E-state index >= 15 is 0 Å². The normalized spacial score (nSPS) is 13.8. The van der Waals surface area contributed by atoms with E-state index in [4.69, 9.17) is 9.84 Å². The maximum absolute atomic E-state index is 12.4. The first-order valence-corrected chi connectivity index (χ1v) is 11.4. The van der Waals surface area contributed by atoms with E-state index in [0.29, 0.717) is 36.7 Å². The molecular formula is C17H26N4O5S2. The van der Waals surface area contributed by atoms with Crippen LogP contribution in [-0.2, 0) is 22.5 Å². The zero-order chi connectivity index (χ0) is 20.7. The molecule has 2 amide bonds. The Morgan fingerprint density at radius 3 is 2.68 bits per heavy atom. The molecule has 1 aliphatic heterocycles. The minimum atomic E-state index is -0.815. The standard InChI is InChI=1S/C17H26N4O5S2/c1-17(2,3)26-16(25)21-7-4-12-11(10-21)14(20-19-12)15(24)18-6-9-28-27-8-5-13(22)23/h4-10H2,1-3H3,(H,18,24)(H,19,20)(H,22,23). The first kappa shape index (κ1) is 22.4. The van der Waals surface area contributed by atoms with Crippen LogP contribution in [0.2, 0.25) is 0 Å². The number of aromatic nitrogens is 2. The third kappa shape index (κ3) is 6.93. The molecule has 0 aliphatic carbocycles. The van der Waals surface area contributed by atoms with Gasteiger partial charge >= 0.3 is 12.1 Å². The van der Waals surface area contributed by atoms with E-state index < -0.39 is 17.7 Å². The number of nitrogens with zero attached hydrogens (tertiary/aromatic N) is 2. The predicted molar refractivity (Wildman–Crippen MR) is 108 cm³/mol. The zero-order valence-corrected chi connectivity index (χ0v) is 17.9. The topological polar surface area (TPSA) is 125 Å². The molecule has 11 heteroatoms. The van der Waals surface area contributed by atoms with Gasteiger partial charge in [-0.15, -0.1) is 0 Å². The molecule has 0 spiro atoms. The number of aromatic amines is 1. The van der Waals surface area contributed by atoms with Crippen LogP contribution in [0.4, 0.5) is 4.79 Å². The van der Waals surface area contributed by atoms with Gasteiger partial charge in [-0.3, -0.25) is 14.7 Å². The number of carbonyl (C=O) groups is 3. The molecule has 2 heterocycles.